The zero-order valence-electron chi connectivity index (χ0n) is 7.55. The molecule has 2 fully saturated rings. The van der Waals surface area contributed by atoms with Crippen molar-refractivity contribution in [3.8, 4) is 0 Å². The lowest BCUT2D eigenvalue weighted by atomic mass is 9.69. The highest BCUT2D eigenvalue weighted by Crippen LogP contribution is 2.57. The summed E-state index contributed by atoms with van der Waals surface area (Å²) in [7, 11) is 0. The van der Waals surface area contributed by atoms with Gasteiger partial charge in [0.05, 0.1) is 0 Å². The topological polar surface area (TPSA) is 17.1 Å². The Kier molecular flexibility index (Phi) is 1.25. The first kappa shape index (κ1) is 7.33. The number of carbonyl (C=O) groups is 1. The minimum atomic E-state index is 0.412. The molecule has 0 N–H and O–H groups in total. The van der Waals surface area contributed by atoms with Crippen molar-refractivity contribution in [1.29, 1.82) is 0 Å². The Morgan fingerprint density at radius 2 is 2.09 bits per heavy atom. The average molecular weight is 152 g/mol. The third kappa shape index (κ3) is 0.743. The smallest absolute Gasteiger partial charge is 0.136 e. The van der Waals surface area contributed by atoms with Crippen LogP contribution >= 0.6 is 0 Å². The van der Waals surface area contributed by atoms with E-state index in [0.29, 0.717) is 29.0 Å². The fraction of sp³-hybridized carbons (Fsp3) is 0.900. The molecule has 2 aliphatic rings. The molecular weight excluding hydrogens is 136 g/mol. The molecule has 1 heteroatoms. The predicted octanol–water partition coefficient (Wildman–Crippen LogP) is 2.26. The van der Waals surface area contributed by atoms with E-state index in [1.54, 1.807) is 0 Å². The molecule has 0 unspecified atom stereocenters. The summed E-state index contributed by atoms with van der Waals surface area (Å²) >= 11 is 0. The van der Waals surface area contributed by atoms with Crippen molar-refractivity contribution in [3.05, 3.63) is 0 Å². The van der Waals surface area contributed by atoms with Gasteiger partial charge < -0.3 is 0 Å². The summed E-state index contributed by atoms with van der Waals surface area (Å²) in [6.07, 6.45) is 2.04. The second kappa shape index (κ2) is 1.88. The molecular formula is C10H16O. The van der Waals surface area contributed by atoms with Gasteiger partial charge in [0.2, 0.25) is 0 Å². The van der Waals surface area contributed by atoms with E-state index in [1.165, 1.54) is 6.42 Å². The van der Waals surface area contributed by atoms with Crippen LogP contribution in [-0.4, -0.2) is 5.78 Å². The number of rotatable bonds is 0. The van der Waals surface area contributed by atoms with E-state index >= 15 is 0 Å². The Hall–Kier alpha value is -0.330. The van der Waals surface area contributed by atoms with Gasteiger partial charge in [-0.2, -0.15) is 0 Å². The Bertz CT molecular complexity index is 201. The molecule has 0 spiro atoms. The van der Waals surface area contributed by atoms with Crippen LogP contribution < -0.4 is 0 Å². The van der Waals surface area contributed by atoms with Crippen molar-refractivity contribution in [2.24, 2.45) is 23.2 Å². The highest BCUT2D eigenvalue weighted by molar-refractivity contribution is 5.85. The van der Waals surface area contributed by atoms with E-state index < -0.39 is 0 Å². The Morgan fingerprint density at radius 3 is 2.45 bits per heavy atom. The van der Waals surface area contributed by atoms with Gasteiger partial charge in [-0.15, -0.1) is 0 Å². The van der Waals surface area contributed by atoms with Crippen molar-refractivity contribution in [2.45, 2.75) is 33.6 Å². The number of fused-ring (bicyclic) bond motifs is 2. The molecule has 11 heavy (non-hydrogen) atoms. The molecule has 0 aromatic heterocycles. The lowest BCUT2D eigenvalue weighted by molar-refractivity contribution is -0.125. The summed E-state index contributed by atoms with van der Waals surface area (Å²) < 4.78 is 0. The third-order valence-corrected chi connectivity index (χ3v) is 4.23. The molecule has 0 amide bonds. The van der Waals surface area contributed by atoms with Gasteiger partial charge >= 0.3 is 0 Å². The molecule has 0 aliphatic heterocycles. The van der Waals surface area contributed by atoms with E-state index in [4.69, 9.17) is 0 Å². The van der Waals surface area contributed by atoms with Gasteiger partial charge in [0.1, 0.15) is 5.78 Å². The summed E-state index contributed by atoms with van der Waals surface area (Å²) in [6, 6.07) is 0. The molecule has 0 aromatic carbocycles. The first-order chi connectivity index (χ1) is 5.03. The summed E-state index contributed by atoms with van der Waals surface area (Å²) in [6.45, 7) is 6.87. The monoisotopic (exact) mass is 152 g/mol. The molecule has 0 saturated heterocycles. The Labute approximate surface area is 68.2 Å². The van der Waals surface area contributed by atoms with Crippen molar-refractivity contribution in [3.63, 3.8) is 0 Å². The highest BCUT2D eigenvalue weighted by atomic mass is 16.1. The van der Waals surface area contributed by atoms with Crippen molar-refractivity contribution >= 4 is 5.78 Å². The number of ketones is 1. The summed E-state index contributed by atoms with van der Waals surface area (Å²) in [5.74, 6) is 2.25. The largest absolute Gasteiger partial charge is 0.299 e. The number of Topliss-reactive ketones (excluding diaryl/α,β-unsaturated/α-hetero) is 1. The maximum absolute atomic E-state index is 11.3. The van der Waals surface area contributed by atoms with Crippen molar-refractivity contribution in [2.75, 3.05) is 0 Å². The van der Waals surface area contributed by atoms with E-state index in [1.807, 2.05) is 0 Å². The normalized spacial score (nSPS) is 46.8. The second-order valence-corrected chi connectivity index (χ2v) is 4.82. The lowest BCUT2D eigenvalue weighted by Gasteiger charge is -2.35. The fourth-order valence-corrected chi connectivity index (χ4v) is 2.86. The molecule has 3 atom stereocenters. The number of hydrogen-bond acceptors (Lipinski definition) is 1. The first-order valence-corrected chi connectivity index (χ1v) is 4.56. The van der Waals surface area contributed by atoms with E-state index in [2.05, 4.69) is 20.8 Å². The fourth-order valence-electron chi connectivity index (χ4n) is 2.86. The zero-order chi connectivity index (χ0) is 8.22. The van der Waals surface area contributed by atoms with E-state index in [-0.39, 0.29) is 0 Å². The van der Waals surface area contributed by atoms with Crippen LogP contribution in [0.2, 0.25) is 0 Å². The van der Waals surface area contributed by atoms with Crippen LogP contribution in [0.1, 0.15) is 33.6 Å². The molecule has 0 radical (unpaired) electrons. The zero-order valence-corrected chi connectivity index (χ0v) is 7.55. The van der Waals surface area contributed by atoms with Gasteiger partial charge in [0, 0.05) is 12.3 Å². The van der Waals surface area contributed by atoms with Crippen LogP contribution in [0.25, 0.3) is 0 Å². The average Bonchev–Trinajstić information content (AvgIpc) is 2.36. The summed E-state index contributed by atoms with van der Waals surface area (Å²) in [5, 5.41) is 0. The second-order valence-electron chi connectivity index (χ2n) is 4.82. The number of hydrogen-bond donors (Lipinski definition) is 0. The van der Waals surface area contributed by atoms with Crippen LogP contribution in [-0.2, 0) is 4.79 Å². The Morgan fingerprint density at radius 1 is 1.45 bits per heavy atom. The minimum Gasteiger partial charge on any atom is -0.299 e. The lowest BCUT2D eigenvalue weighted by Crippen LogP contribution is -2.32. The minimum absolute atomic E-state index is 0.412. The summed E-state index contributed by atoms with van der Waals surface area (Å²) in [4.78, 5) is 11.3. The van der Waals surface area contributed by atoms with Gasteiger partial charge in [-0.3, -0.25) is 4.79 Å². The third-order valence-electron chi connectivity index (χ3n) is 4.23. The molecule has 2 aliphatic carbocycles. The van der Waals surface area contributed by atoms with Gasteiger partial charge in [-0.25, -0.2) is 0 Å². The van der Waals surface area contributed by atoms with Gasteiger partial charge in [-0.1, -0.05) is 20.8 Å². The van der Waals surface area contributed by atoms with Crippen molar-refractivity contribution in [1.82, 2.24) is 0 Å². The van der Waals surface area contributed by atoms with Crippen LogP contribution in [0, 0.1) is 23.2 Å². The first-order valence-electron chi connectivity index (χ1n) is 4.56. The molecule has 62 valence electrons. The molecule has 2 rings (SSSR count). The maximum atomic E-state index is 11.3. The quantitative estimate of drug-likeness (QED) is 0.520. The van der Waals surface area contributed by atoms with Crippen LogP contribution in [0.4, 0.5) is 0 Å². The molecule has 2 bridgehead atoms. The van der Waals surface area contributed by atoms with Gasteiger partial charge in [0.15, 0.2) is 0 Å². The van der Waals surface area contributed by atoms with Gasteiger partial charge in [0.25, 0.3) is 0 Å². The van der Waals surface area contributed by atoms with Crippen molar-refractivity contribution < 1.29 is 4.79 Å². The summed E-state index contributed by atoms with van der Waals surface area (Å²) in [5.41, 5.74) is 0.429. The SMILES string of the molecule is C[C@H]1[C@H]2C[C@@H](CC2=O)C1(C)C. The van der Waals surface area contributed by atoms with Crippen LogP contribution in [0.15, 0.2) is 0 Å². The predicted molar refractivity (Wildman–Crippen MR) is 44.2 cm³/mol. The van der Waals surface area contributed by atoms with Gasteiger partial charge in [-0.05, 0) is 23.7 Å². The standard InChI is InChI=1S/C10H16O/c1-6-8-4-7(5-9(8)11)10(6,2)3/h6-8H,4-5H2,1-3H3/t6-,7-,8+/m0/s1. The Balaban J connectivity index is 2.31. The number of carbonyl (C=O) groups excluding carboxylic acids is 1. The molecule has 0 aromatic rings. The maximum Gasteiger partial charge on any atom is 0.136 e. The molecule has 1 nitrogen and oxygen atoms in total. The molecule has 0 heterocycles. The van der Waals surface area contributed by atoms with E-state index in [0.717, 1.165) is 6.42 Å². The van der Waals surface area contributed by atoms with Crippen LogP contribution in [0.3, 0.4) is 0 Å². The molecule has 2 saturated carbocycles. The van der Waals surface area contributed by atoms with Crippen LogP contribution in [0.5, 0.6) is 0 Å². The van der Waals surface area contributed by atoms with E-state index in [9.17, 15) is 4.79 Å². The highest BCUT2D eigenvalue weighted by Gasteiger charge is 2.54.